The van der Waals surface area contributed by atoms with Crippen LogP contribution in [0.2, 0.25) is 0 Å². The third-order valence-electron chi connectivity index (χ3n) is 5.27. The summed E-state index contributed by atoms with van der Waals surface area (Å²) in [5.41, 5.74) is 10.4. The Labute approximate surface area is 214 Å². The van der Waals surface area contributed by atoms with E-state index in [1.54, 1.807) is 0 Å². The molecule has 0 bridgehead atoms. The molecular weight excluding hydrogens is 479 g/mol. The van der Waals surface area contributed by atoms with Gasteiger partial charge in [-0.15, -0.1) is 37.2 Å². The molecule has 33 heavy (non-hydrogen) atoms. The van der Waals surface area contributed by atoms with Crippen molar-refractivity contribution in [1.82, 2.24) is 10.6 Å². The van der Waals surface area contributed by atoms with Gasteiger partial charge in [0.15, 0.2) is 6.10 Å². The summed E-state index contributed by atoms with van der Waals surface area (Å²) in [7, 11) is 0. The molecular formula is C25H31Cl3N4O. The van der Waals surface area contributed by atoms with Crippen LogP contribution in [-0.2, 0) is 13.1 Å². The molecule has 178 valence electrons. The minimum Gasteiger partial charge on any atom is -0.481 e. The van der Waals surface area contributed by atoms with Crippen molar-refractivity contribution in [3.63, 3.8) is 0 Å². The van der Waals surface area contributed by atoms with Crippen molar-refractivity contribution in [1.29, 1.82) is 0 Å². The standard InChI is InChI=1S/C25H28N4O.3ClH/c1-18-25(26)29-22-14-20(12-13-24(22)30-18)16-28-23(21-10-6-3-7-11-21)17-27-15-19-8-4-2-5-9-19;;;/h2-14,18,23,27-28H,15-17H2,1H3,(H2,26,29);3*1H. The molecule has 1 aliphatic heterocycles. The van der Waals surface area contributed by atoms with Gasteiger partial charge in [0, 0.05) is 25.7 Å². The Morgan fingerprint density at radius 3 is 2.24 bits per heavy atom. The Morgan fingerprint density at radius 1 is 0.879 bits per heavy atom. The van der Waals surface area contributed by atoms with Gasteiger partial charge in [0.2, 0.25) is 0 Å². The van der Waals surface area contributed by atoms with Crippen LogP contribution in [-0.4, -0.2) is 18.5 Å². The predicted octanol–water partition coefficient (Wildman–Crippen LogP) is 5.34. The van der Waals surface area contributed by atoms with Crippen molar-refractivity contribution in [2.24, 2.45) is 10.7 Å². The molecule has 0 amide bonds. The fourth-order valence-corrected chi connectivity index (χ4v) is 3.53. The average Bonchev–Trinajstić information content (AvgIpc) is 2.78. The molecule has 4 rings (SSSR count). The van der Waals surface area contributed by atoms with Crippen molar-refractivity contribution < 1.29 is 4.74 Å². The molecule has 5 nitrogen and oxygen atoms in total. The Balaban J connectivity index is 0.00000181. The maximum Gasteiger partial charge on any atom is 0.153 e. The zero-order valence-electron chi connectivity index (χ0n) is 18.4. The van der Waals surface area contributed by atoms with E-state index < -0.39 is 0 Å². The number of benzene rings is 3. The van der Waals surface area contributed by atoms with Gasteiger partial charge in [0.1, 0.15) is 17.3 Å². The van der Waals surface area contributed by atoms with Gasteiger partial charge in [-0.05, 0) is 35.7 Å². The molecule has 1 aliphatic rings. The molecule has 2 atom stereocenters. The summed E-state index contributed by atoms with van der Waals surface area (Å²) in [5, 5.41) is 7.26. The highest BCUT2D eigenvalue weighted by Crippen LogP contribution is 2.32. The third kappa shape index (κ3) is 7.91. The van der Waals surface area contributed by atoms with E-state index >= 15 is 0 Å². The highest BCUT2D eigenvalue weighted by molar-refractivity contribution is 5.89. The summed E-state index contributed by atoms with van der Waals surface area (Å²) in [6.45, 7) is 4.30. The number of nitrogens with two attached hydrogens (primary N) is 1. The lowest BCUT2D eigenvalue weighted by Crippen LogP contribution is -2.33. The number of aliphatic imine (C=N–C) groups is 1. The topological polar surface area (TPSA) is 71.7 Å². The van der Waals surface area contributed by atoms with Crippen LogP contribution in [0, 0.1) is 0 Å². The number of nitrogens with zero attached hydrogens (tertiary/aromatic N) is 1. The molecule has 8 heteroatoms. The smallest absolute Gasteiger partial charge is 0.153 e. The SMILES string of the molecule is CC1Oc2ccc(CNC(CNCc3ccccc3)c3ccccc3)cc2N=C1N.Cl.Cl.Cl. The summed E-state index contributed by atoms with van der Waals surface area (Å²) < 4.78 is 5.80. The Hall–Kier alpha value is -2.28. The van der Waals surface area contributed by atoms with Crippen molar-refractivity contribution in [2.45, 2.75) is 32.2 Å². The van der Waals surface area contributed by atoms with E-state index in [1.165, 1.54) is 11.1 Å². The van der Waals surface area contributed by atoms with E-state index in [9.17, 15) is 0 Å². The van der Waals surface area contributed by atoms with Crippen molar-refractivity contribution in [3.05, 3.63) is 95.6 Å². The molecule has 3 aromatic carbocycles. The fourth-order valence-electron chi connectivity index (χ4n) is 3.53. The van der Waals surface area contributed by atoms with Gasteiger partial charge in [0.05, 0.1) is 0 Å². The lowest BCUT2D eigenvalue weighted by Gasteiger charge is -2.23. The van der Waals surface area contributed by atoms with E-state index in [2.05, 4.69) is 70.2 Å². The second kappa shape index (κ2) is 14.1. The van der Waals surface area contributed by atoms with E-state index in [-0.39, 0.29) is 49.4 Å². The van der Waals surface area contributed by atoms with E-state index in [0.29, 0.717) is 5.84 Å². The number of amidine groups is 1. The second-order valence-electron chi connectivity index (χ2n) is 7.56. The Morgan fingerprint density at radius 2 is 1.55 bits per heavy atom. The highest BCUT2D eigenvalue weighted by Gasteiger charge is 2.18. The minimum absolute atomic E-state index is 0. The zero-order valence-corrected chi connectivity index (χ0v) is 20.9. The molecule has 0 fully saturated rings. The number of halogens is 3. The fraction of sp³-hybridized carbons (Fsp3) is 0.240. The van der Waals surface area contributed by atoms with Gasteiger partial charge in [-0.3, -0.25) is 0 Å². The van der Waals surface area contributed by atoms with Crippen LogP contribution in [0.1, 0.15) is 29.7 Å². The van der Waals surface area contributed by atoms with Gasteiger partial charge < -0.3 is 21.1 Å². The molecule has 0 radical (unpaired) electrons. The molecule has 0 spiro atoms. The van der Waals surface area contributed by atoms with Crippen LogP contribution in [0.4, 0.5) is 5.69 Å². The van der Waals surface area contributed by atoms with E-state index in [1.807, 2.05) is 31.2 Å². The number of rotatable bonds is 8. The first kappa shape index (κ1) is 28.8. The number of ether oxygens (including phenoxy) is 1. The van der Waals surface area contributed by atoms with Gasteiger partial charge in [-0.2, -0.15) is 0 Å². The second-order valence-corrected chi connectivity index (χ2v) is 7.56. The normalized spacial score (nSPS) is 14.8. The third-order valence-corrected chi connectivity index (χ3v) is 5.27. The summed E-state index contributed by atoms with van der Waals surface area (Å²) >= 11 is 0. The van der Waals surface area contributed by atoms with Crippen LogP contribution in [0.15, 0.2) is 83.9 Å². The largest absolute Gasteiger partial charge is 0.481 e. The lowest BCUT2D eigenvalue weighted by molar-refractivity contribution is 0.281. The molecule has 4 N–H and O–H groups in total. The summed E-state index contributed by atoms with van der Waals surface area (Å²) in [4.78, 5) is 4.49. The van der Waals surface area contributed by atoms with Gasteiger partial charge >= 0.3 is 0 Å². The molecule has 0 saturated heterocycles. The molecule has 0 saturated carbocycles. The maximum atomic E-state index is 5.95. The van der Waals surface area contributed by atoms with Gasteiger partial charge in [0.25, 0.3) is 0 Å². The molecule has 3 aromatic rings. The van der Waals surface area contributed by atoms with Crippen LogP contribution < -0.4 is 21.1 Å². The first-order valence-electron chi connectivity index (χ1n) is 10.4. The number of nitrogens with one attached hydrogen (secondary N) is 2. The maximum absolute atomic E-state index is 5.95. The molecule has 0 aliphatic carbocycles. The Kier molecular flexibility index (Phi) is 12.3. The van der Waals surface area contributed by atoms with Crippen LogP contribution in [0.5, 0.6) is 5.75 Å². The molecule has 2 unspecified atom stereocenters. The lowest BCUT2D eigenvalue weighted by atomic mass is 10.1. The van der Waals surface area contributed by atoms with Crippen molar-refractivity contribution in [2.75, 3.05) is 6.54 Å². The van der Waals surface area contributed by atoms with Crippen molar-refractivity contribution >= 4 is 48.7 Å². The summed E-state index contributed by atoms with van der Waals surface area (Å²) in [5.74, 6) is 1.30. The monoisotopic (exact) mass is 508 g/mol. The first-order chi connectivity index (χ1) is 14.7. The zero-order chi connectivity index (χ0) is 20.8. The first-order valence-corrected chi connectivity index (χ1v) is 10.4. The number of hydrogen-bond donors (Lipinski definition) is 3. The number of fused-ring (bicyclic) bond motifs is 1. The Bertz CT molecular complexity index is 1000. The minimum atomic E-state index is -0.181. The summed E-state index contributed by atoms with van der Waals surface area (Å²) in [6.07, 6.45) is -0.181. The van der Waals surface area contributed by atoms with Crippen molar-refractivity contribution in [3.8, 4) is 5.75 Å². The predicted molar refractivity (Wildman–Crippen MR) is 144 cm³/mol. The van der Waals surface area contributed by atoms with Crippen LogP contribution in [0.3, 0.4) is 0 Å². The number of hydrogen-bond acceptors (Lipinski definition) is 5. The molecule has 1 heterocycles. The quantitative estimate of drug-likeness (QED) is 0.383. The highest BCUT2D eigenvalue weighted by atomic mass is 35.5. The van der Waals surface area contributed by atoms with Gasteiger partial charge in [-0.25, -0.2) is 4.99 Å². The van der Waals surface area contributed by atoms with Crippen LogP contribution in [0.25, 0.3) is 0 Å². The van der Waals surface area contributed by atoms with Gasteiger partial charge in [-0.1, -0.05) is 66.7 Å². The van der Waals surface area contributed by atoms with E-state index in [4.69, 9.17) is 10.5 Å². The summed E-state index contributed by atoms with van der Waals surface area (Å²) in [6, 6.07) is 27.3. The van der Waals surface area contributed by atoms with Crippen LogP contribution >= 0.6 is 37.2 Å². The van der Waals surface area contributed by atoms with E-state index in [0.717, 1.165) is 36.6 Å². The average molecular weight is 510 g/mol. The molecule has 0 aromatic heterocycles.